The third-order valence-corrected chi connectivity index (χ3v) is 3.36. The van der Waals surface area contributed by atoms with Crippen LogP contribution in [0.1, 0.15) is 16.8 Å². The van der Waals surface area contributed by atoms with E-state index >= 15 is 0 Å². The second-order valence-electron chi connectivity index (χ2n) is 5.30. The molecule has 3 aromatic rings. The smallest absolute Gasteiger partial charge is 0.116 e. The fourth-order valence-corrected chi connectivity index (χ4v) is 2.35. The number of nitrogens with one attached hydrogen (secondary N) is 1. The highest BCUT2D eigenvalue weighted by atomic mass is 16.3. The number of rotatable bonds is 3. The minimum atomic E-state index is 0.227. The number of fused-ring (bicyclic) bond motifs is 1. The average molecular weight is 291 g/mol. The van der Waals surface area contributed by atoms with Crippen molar-refractivity contribution in [3.8, 4) is 5.75 Å². The third kappa shape index (κ3) is 3.06. The van der Waals surface area contributed by atoms with Crippen LogP contribution in [0.5, 0.6) is 5.75 Å². The van der Waals surface area contributed by atoms with E-state index in [0.717, 1.165) is 27.8 Å². The molecule has 0 spiro atoms. The van der Waals surface area contributed by atoms with Gasteiger partial charge in [-0.15, -0.1) is 0 Å². The summed E-state index contributed by atoms with van der Waals surface area (Å²) in [5.41, 5.74) is 7.88. The van der Waals surface area contributed by atoms with Gasteiger partial charge in [-0.1, -0.05) is 23.8 Å². The van der Waals surface area contributed by atoms with Gasteiger partial charge in [0.15, 0.2) is 0 Å². The van der Waals surface area contributed by atoms with Gasteiger partial charge in [-0.2, -0.15) is 5.10 Å². The van der Waals surface area contributed by atoms with Crippen molar-refractivity contribution in [3.63, 3.8) is 0 Å². The van der Waals surface area contributed by atoms with E-state index in [1.165, 1.54) is 5.56 Å². The van der Waals surface area contributed by atoms with Crippen LogP contribution in [-0.2, 0) is 0 Å². The summed E-state index contributed by atoms with van der Waals surface area (Å²) in [5, 5.41) is 14.7. The number of hydrogen-bond acceptors (Lipinski definition) is 4. The lowest BCUT2D eigenvalue weighted by molar-refractivity contribution is 0.475. The second-order valence-corrected chi connectivity index (χ2v) is 5.30. The number of anilines is 1. The molecule has 1 aromatic heterocycles. The fraction of sp³-hybridized carbons (Fsp3) is 0.111. The average Bonchev–Trinajstić information content (AvgIpc) is 2.48. The Morgan fingerprint density at radius 3 is 2.77 bits per heavy atom. The Labute approximate surface area is 129 Å². The number of hydrazone groups is 1. The highest BCUT2D eigenvalue weighted by molar-refractivity contribution is 5.92. The van der Waals surface area contributed by atoms with Gasteiger partial charge in [-0.3, -0.25) is 10.4 Å². The Bertz CT molecular complexity index is 856. The molecule has 0 fully saturated rings. The molecule has 2 aromatic carbocycles. The van der Waals surface area contributed by atoms with E-state index in [9.17, 15) is 5.11 Å². The van der Waals surface area contributed by atoms with Crippen molar-refractivity contribution in [2.24, 2.45) is 5.10 Å². The van der Waals surface area contributed by atoms with Crippen LogP contribution in [0.4, 0.5) is 5.69 Å². The monoisotopic (exact) mass is 291 g/mol. The van der Waals surface area contributed by atoms with Crippen LogP contribution < -0.4 is 5.43 Å². The van der Waals surface area contributed by atoms with Crippen molar-refractivity contribution in [1.29, 1.82) is 0 Å². The van der Waals surface area contributed by atoms with Crippen molar-refractivity contribution in [3.05, 3.63) is 65.4 Å². The molecule has 0 amide bonds. The first kappa shape index (κ1) is 14.1. The lowest BCUT2D eigenvalue weighted by atomic mass is 10.1. The molecular weight excluding hydrogens is 274 g/mol. The van der Waals surface area contributed by atoms with Gasteiger partial charge in [-0.05, 0) is 49.7 Å². The molecule has 0 aliphatic rings. The second kappa shape index (κ2) is 5.85. The maximum Gasteiger partial charge on any atom is 0.116 e. The number of aromatic hydroxyl groups is 1. The van der Waals surface area contributed by atoms with E-state index in [2.05, 4.69) is 34.6 Å². The maximum atomic E-state index is 9.45. The minimum Gasteiger partial charge on any atom is -0.508 e. The molecule has 2 N–H and O–H groups in total. The van der Waals surface area contributed by atoms with Gasteiger partial charge in [-0.25, -0.2) is 0 Å². The number of nitrogens with zero attached hydrogens (tertiary/aromatic N) is 2. The van der Waals surface area contributed by atoms with E-state index in [1.54, 1.807) is 24.4 Å². The topological polar surface area (TPSA) is 57.5 Å². The van der Waals surface area contributed by atoms with Crippen LogP contribution in [0.15, 0.2) is 53.6 Å². The van der Waals surface area contributed by atoms with Gasteiger partial charge >= 0.3 is 0 Å². The van der Waals surface area contributed by atoms with Crippen LogP contribution in [0, 0.1) is 13.8 Å². The summed E-state index contributed by atoms with van der Waals surface area (Å²) in [4.78, 5) is 4.53. The Hall–Kier alpha value is -2.88. The molecule has 3 rings (SSSR count). The molecule has 0 aliphatic carbocycles. The van der Waals surface area contributed by atoms with Crippen LogP contribution in [-0.4, -0.2) is 16.3 Å². The van der Waals surface area contributed by atoms with Crippen LogP contribution >= 0.6 is 0 Å². The number of benzene rings is 2. The number of aryl methyl sites for hydroxylation is 2. The van der Waals surface area contributed by atoms with Crippen molar-refractivity contribution in [2.75, 3.05) is 5.43 Å². The molecule has 0 unspecified atom stereocenters. The van der Waals surface area contributed by atoms with Crippen molar-refractivity contribution >= 4 is 22.8 Å². The first-order chi connectivity index (χ1) is 10.6. The van der Waals surface area contributed by atoms with Crippen molar-refractivity contribution < 1.29 is 5.11 Å². The lowest BCUT2D eigenvalue weighted by Gasteiger charge is -2.08. The third-order valence-electron chi connectivity index (χ3n) is 3.36. The quantitative estimate of drug-likeness (QED) is 0.566. The highest BCUT2D eigenvalue weighted by Gasteiger charge is 2.03. The predicted molar refractivity (Wildman–Crippen MR) is 90.5 cm³/mol. The molecule has 0 aliphatic heterocycles. The molecule has 0 saturated heterocycles. The van der Waals surface area contributed by atoms with Crippen LogP contribution in [0.25, 0.3) is 10.9 Å². The van der Waals surface area contributed by atoms with Crippen molar-refractivity contribution in [1.82, 2.24) is 4.98 Å². The largest absolute Gasteiger partial charge is 0.508 e. The molecule has 110 valence electrons. The molecule has 0 bridgehead atoms. The van der Waals surface area contributed by atoms with E-state index in [1.807, 2.05) is 25.1 Å². The maximum absolute atomic E-state index is 9.45. The van der Waals surface area contributed by atoms with Crippen LogP contribution in [0.3, 0.4) is 0 Å². The molecule has 22 heavy (non-hydrogen) atoms. The summed E-state index contributed by atoms with van der Waals surface area (Å²) < 4.78 is 0. The Morgan fingerprint density at radius 1 is 1.09 bits per heavy atom. The van der Waals surface area contributed by atoms with E-state index < -0.39 is 0 Å². The summed E-state index contributed by atoms with van der Waals surface area (Å²) in [6, 6.07) is 15.1. The summed E-state index contributed by atoms with van der Waals surface area (Å²) >= 11 is 0. The first-order valence-corrected chi connectivity index (χ1v) is 7.08. The molecule has 0 radical (unpaired) electrons. The summed E-state index contributed by atoms with van der Waals surface area (Å²) in [6.07, 6.45) is 1.68. The standard InChI is InChI=1S/C18H17N3O/c1-12-6-7-17-16(8-12)18(9-13(2)20-17)21-19-11-14-4-3-5-15(22)10-14/h3-11,22H,1-2H3,(H,20,21)/b19-11+. The van der Waals surface area contributed by atoms with Gasteiger partial charge < -0.3 is 5.11 Å². The molecule has 0 atom stereocenters. The molecule has 1 heterocycles. The predicted octanol–water partition coefficient (Wildman–Crippen LogP) is 4.00. The van der Waals surface area contributed by atoms with Gasteiger partial charge in [0.1, 0.15) is 5.75 Å². The first-order valence-electron chi connectivity index (χ1n) is 7.08. The Kier molecular flexibility index (Phi) is 3.74. The number of aromatic nitrogens is 1. The normalized spacial score (nSPS) is 11.2. The lowest BCUT2D eigenvalue weighted by Crippen LogP contribution is -1.95. The van der Waals surface area contributed by atoms with Gasteiger partial charge in [0.05, 0.1) is 17.4 Å². The summed E-state index contributed by atoms with van der Waals surface area (Å²) in [6.45, 7) is 4.02. The molecule has 4 heteroatoms. The van der Waals surface area contributed by atoms with Gasteiger partial charge in [0.25, 0.3) is 0 Å². The van der Waals surface area contributed by atoms with Crippen LogP contribution in [0.2, 0.25) is 0 Å². The Balaban J connectivity index is 1.91. The van der Waals surface area contributed by atoms with Gasteiger partial charge in [0, 0.05) is 11.1 Å². The highest BCUT2D eigenvalue weighted by Crippen LogP contribution is 2.24. The van der Waals surface area contributed by atoms with E-state index in [4.69, 9.17) is 0 Å². The SMILES string of the molecule is Cc1ccc2nc(C)cc(N/N=C/c3cccc(O)c3)c2c1. The molecule has 4 nitrogen and oxygen atoms in total. The molecule has 0 saturated carbocycles. The minimum absolute atomic E-state index is 0.227. The van der Waals surface area contributed by atoms with Gasteiger partial charge in [0.2, 0.25) is 0 Å². The zero-order valence-corrected chi connectivity index (χ0v) is 12.5. The Morgan fingerprint density at radius 2 is 1.95 bits per heavy atom. The van der Waals surface area contributed by atoms with Crippen molar-refractivity contribution in [2.45, 2.75) is 13.8 Å². The van der Waals surface area contributed by atoms with E-state index in [-0.39, 0.29) is 5.75 Å². The summed E-state index contributed by atoms with van der Waals surface area (Å²) in [5.74, 6) is 0.227. The molecular formula is C18H17N3O. The zero-order valence-electron chi connectivity index (χ0n) is 12.5. The fourth-order valence-electron chi connectivity index (χ4n) is 2.35. The number of hydrogen-bond donors (Lipinski definition) is 2. The van der Waals surface area contributed by atoms with E-state index in [0.29, 0.717) is 0 Å². The summed E-state index contributed by atoms with van der Waals surface area (Å²) in [7, 11) is 0. The number of phenols is 1. The zero-order chi connectivity index (χ0) is 15.5. The number of pyridine rings is 1. The number of phenolic OH excluding ortho intramolecular Hbond substituents is 1.